The Bertz CT molecular complexity index is 724. The van der Waals surface area contributed by atoms with Crippen LogP contribution in [0, 0.1) is 5.82 Å². The molecule has 0 aliphatic rings. The summed E-state index contributed by atoms with van der Waals surface area (Å²) in [6, 6.07) is 13.9. The summed E-state index contributed by atoms with van der Waals surface area (Å²) < 4.78 is 13.2. The Morgan fingerprint density at radius 1 is 1.10 bits per heavy atom. The number of halogens is 1. The fraction of sp³-hybridized carbons (Fsp3) is 0.0625. The molecule has 4 heteroatoms. The summed E-state index contributed by atoms with van der Waals surface area (Å²) in [7, 11) is 0. The second-order valence-corrected chi connectivity index (χ2v) is 5.38. The number of hydrogen-bond donors (Lipinski definition) is 1. The molecular weight excluding hydrogens is 273 g/mol. The molecule has 20 heavy (non-hydrogen) atoms. The van der Waals surface area contributed by atoms with Gasteiger partial charge in [0, 0.05) is 22.9 Å². The van der Waals surface area contributed by atoms with Gasteiger partial charge in [-0.2, -0.15) is 0 Å². The minimum absolute atomic E-state index is 0.0999. The molecule has 100 valence electrons. The highest BCUT2D eigenvalue weighted by atomic mass is 32.1. The zero-order valence-corrected chi connectivity index (χ0v) is 11.4. The maximum absolute atomic E-state index is 13.2. The Morgan fingerprint density at radius 2 is 1.90 bits per heavy atom. The lowest BCUT2D eigenvalue weighted by molar-refractivity contribution is 0.467. The van der Waals surface area contributed by atoms with E-state index < -0.39 is 0 Å². The third kappa shape index (κ3) is 2.70. The fourth-order valence-corrected chi connectivity index (χ4v) is 2.82. The SMILES string of the molecule is Oc1ccc(F)cc1Cc1nc(-c2ccccc2)cs1. The molecule has 1 N–H and O–H groups in total. The number of thiazole rings is 1. The van der Waals surface area contributed by atoms with E-state index in [0.29, 0.717) is 12.0 Å². The normalized spacial score (nSPS) is 10.7. The van der Waals surface area contributed by atoms with Crippen LogP contribution in [0.5, 0.6) is 5.75 Å². The Morgan fingerprint density at radius 3 is 2.70 bits per heavy atom. The number of hydrogen-bond acceptors (Lipinski definition) is 3. The predicted molar refractivity (Wildman–Crippen MR) is 78.4 cm³/mol. The van der Waals surface area contributed by atoms with Crippen molar-refractivity contribution in [2.24, 2.45) is 0 Å². The van der Waals surface area contributed by atoms with Crippen molar-refractivity contribution in [3.05, 3.63) is 70.3 Å². The van der Waals surface area contributed by atoms with E-state index in [1.807, 2.05) is 35.7 Å². The summed E-state index contributed by atoms with van der Waals surface area (Å²) in [5, 5.41) is 12.6. The minimum Gasteiger partial charge on any atom is -0.508 e. The molecule has 0 bridgehead atoms. The molecule has 0 saturated heterocycles. The van der Waals surface area contributed by atoms with E-state index in [9.17, 15) is 9.50 Å². The summed E-state index contributed by atoms with van der Waals surface area (Å²) in [6.07, 6.45) is 0.432. The van der Waals surface area contributed by atoms with Crippen LogP contribution in [-0.4, -0.2) is 10.1 Å². The van der Waals surface area contributed by atoms with Crippen LogP contribution in [0.4, 0.5) is 4.39 Å². The Kier molecular flexibility index (Phi) is 3.48. The zero-order valence-electron chi connectivity index (χ0n) is 10.6. The first-order valence-corrected chi connectivity index (χ1v) is 7.07. The number of rotatable bonds is 3. The van der Waals surface area contributed by atoms with Crippen LogP contribution in [0.1, 0.15) is 10.6 Å². The van der Waals surface area contributed by atoms with Crippen LogP contribution < -0.4 is 0 Å². The zero-order chi connectivity index (χ0) is 13.9. The fourth-order valence-electron chi connectivity index (χ4n) is 1.99. The van der Waals surface area contributed by atoms with Crippen LogP contribution in [0.25, 0.3) is 11.3 Å². The van der Waals surface area contributed by atoms with Crippen molar-refractivity contribution in [3.63, 3.8) is 0 Å². The van der Waals surface area contributed by atoms with Gasteiger partial charge >= 0.3 is 0 Å². The molecule has 0 unspecified atom stereocenters. The van der Waals surface area contributed by atoms with Crippen molar-refractivity contribution in [1.82, 2.24) is 4.98 Å². The quantitative estimate of drug-likeness (QED) is 0.780. The van der Waals surface area contributed by atoms with Crippen molar-refractivity contribution in [2.45, 2.75) is 6.42 Å². The largest absolute Gasteiger partial charge is 0.508 e. The summed E-state index contributed by atoms with van der Waals surface area (Å²) >= 11 is 1.51. The van der Waals surface area contributed by atoms with Gasteiger partial charge in [-0.25, -0.2) is 9.37 Å². The molecule has 0 fully saturated rings. The molecule has 0 atom stereocenters. The lowest BCUT2D eigenvalue weighted by atomic mass is 10.1. The highest BCUT2D eigenvalue weighted by Gasteiger charge is 2.08. The first-order chi connectivity index (χ1) is 9.72. The smallest absolute Gasteiger partial charge is 0.123 e. The highest BCUT2D eigenvalue weighted by Crippen LogP contribution is 2.26. The number of nitrogens with zero attached hydrogens (tertiary/aromatic N) is 1. The second-order valence-electron chi connectivity index (χ2n) is 4.44. The Hall–Kier alpha value is -2.20. The van der Waals surface area contributed by atoms with Gasteiger partial charge in [0.1, 0.15) is 11.6 Å². The summed E-state index contributed by atoms with van der Waals surface area (Å²) in [4.78, 5) is 4.53. The van der Waals surface area contributed by atoms with Gasteiger partial charge in [-0.05, 0) is 18.2 Å². The number of aromatic hydroxyl groups is 1. The lowest BCUT2D eigenvalue weighted by Crippen LogP contribution is -1.90. The van der Waals surface area contributed by atoms with Gasteiger partial charge < -0.3 is 5.11 Å². The van der Waals surface area contributed by atoms with Crippen molar-refractivity contribution in [2.75, 3.05) is 0 Å². The topological polar surface area (TPSA) is 33.1 Å². The van der Waals surface area contributed by atoms with Gasteiger partial charge in [0.25, 0.3) is 0 Å². The molecule has 0 radical (unpaired) electrons. The molecule has 0 spiro atoms. The molecule has 0 amide bonds. The van der Waals surface area contributed by atoms with E-state index in [-0.39, 0.29) is 11.6 Å². The standard InChI is InChI=1S/C16H12FNOS/c17-13-6-7-15(19)12(8-13)9-16-18-14(10-20-16)11-4-2-1-3-5-11/h1-8,10,19H,9H2. The van der Waals surface area contributed by atoms with E-state index in [4.69, 9.17) is 0 Å². The highest BCUT2D eigenvalue weighted by molar-refractivity contribution is 7.10. The molecule has 0 saturated carbocycles. The van der Waals surface area contributed by atoms with Crippen molar-refractivity contribution in [1.29, 1.82) is 0 Å². The lowest BCUT2D eigenvalue weighted by Gasteiger charge is -2.02. The first kappa shape index (κ1) is 12.8. The average Bonchev–Trinajstić information content (AvgIpc) is 2.92. The van der Waals surface area contributed by atoms with Gasteiger partial charge in [0.2, 0.25) is 0 Å². The van der Waals surface area contributed by atoms with Gasteiger partial charge in [-0.3, -0.25) is 0 Å². The van der Waals surface area contributed by atoms with Crippen LogP contribution in [0.15, 0.2) is 53.9 Å². The number of benzene rings is 2. The van der Waals surface area contributed by atoms with E-state index in [1.54, 1.807) is 0 Å². The van der Waals surface area contributed by atoms with Gasteiger partial charge in [-0.1, -0.05) is 30.3 Å². The number of phenols is 1. The summed E-state index contributed by atoms with van der Waals surface area (Å²) in [6.45, 7) is 0. The van der Waals surface area contributed by atoms with Crippen LogP contribution >= 0.6 is 11.3 Å². The predicted octanol–water partition coefficient (Wildman–Crippen LogP) is 4.25. The molecule has 1 heterocycles. The van der Waals surface area contributed by atoms with Crippen LogP contribution in [0.3, 0.4) is 0 Å². The molecule has 0 aliphatic carbocycles. The molecule has 1 aromatic heterocycles. The molecule has 2 nitrogen and oxygen atoms in total. The molecule has 2 aromatic carbocycles. The summed E-state index contributed by atoms with van der Waals surface area (Å²) in [5.74, 6) is -0.250. The van der Waals surface area contributed by atoms with Gasteiger partial charge in [-0.15, -0.1) is 11.3 Å². The third-order valence-electron chi connectivity index (χ3n) is 3.00. The Balaban J connectivity index is 1.86. The van der Waals surface area contributed by atoms with E-state index in [0.717, 1.165) is 16.3 Å². The molecule has 3 rings (SSSR count). The van der Waals surface area contributed by atoms with Gasteiger partial charge in [0.05, 0.1) is 10.7 Å². The minimum atomic E-state index is -0.349. The maximum Gasteiger partial charge on any atom is 0.123 e. The monoisotopic (exact) mass is 285 g/mol. The average molecular weight is 285 g/mol. The maximum atomic E-state index is 13.2. The van der Waals surface area contributed by atoms with Crippen LogP contribution in [0.2, 0.25) is 0 Å². The molecule has 0 aliphatic heterocycles. The molecule has 3 aromatic rings. The van der Waals surface area contributed by atoms with E-state index in [2.05, 4.69) is 4.98 Å². The first-order valence-electron chi connectivity index (χ1n) is 6.19. The van der Waals surface area contributed by atoms with Gasteiger partial charge in [0.15, 0.2) is 0 Å². The number of phenolic OH excluding ortho intramolecular Hbond substituents is 1. The van der Waals surface area contributed by atoms with Crippen LogP contribution in [-0.2, 0) is 6.42 Å². The Labute approximate surface area is 120 Å². The van der Waals surface area contributed by atoms with E-state index in [1.165, 1.54) is 29.5 Å². The van der Waals surface area contributed by atoms with Crippen molar-refractivity contribution >= 4 is 11.3 Å². The molecular formula is C16H12FNOS. The summed E-state index contributed by atoms with van der Waals surface area (Å²) in [5.41, 5.74) is 2.51. The second kappa shape index (κ2) is 5.43. The number of aromatic nitrogens is 1. The van der Waals surface area contributed by atoms with Crippen molar-refractivity contribution in [3.8, 4) is 17.0 Å². The van der Waals surface area contributed by atoms with Crippen molar-refractivity contribution < 1.29 is 9.50 Å². The third-order valence-corrected chi connectivity index (χ3v) is 3.85. The van der Waals surface area contributed by atoms with E-state index >= 15 is 0 Å².